The molecule has 0 aliphatic rings. The Labute approximate surface area is 81.2 Å². The van der Waals surface area contributed by atoms with Crippen molar-refractivity contribution in [3.63, 3.8) is 0 Å². The number of rotatable bonds is 0. The Hall–Kier alpha value is -0.980. The number of H-pyrrole nitrogens is 1. The zero-order chi connectivity index (χ0) is 8.55. The molecule has 2 aromatic rings. The van der Waals surface area contributed by atoms with Crippen LogP contribution in [-0.4, -0.2) is 15.0 Å². The summed E-state index contributed by atoms with van der Waals surface area (Å²) in [6, 6.07) is 3.52. The lowest BCUT2D eigenvalue weighted by Gasteiger charge is -1.94. The first kappa shape index (κ1) is 7.66. The van der Waals surface area contributed by atoms with Gasteiger partial charge in [0.15, 0.2) is 9.35 Å². The Morgan fingerprint density at radius 1 is 1.50 bits per heavy atom. The van der Waals surface area contributed by atoms with E-state index in [0.717, 1.165) is 0 Å². The van der Waals surface area contributed by atoms with E-state index in [1.54, 1.807) is 18.3 Å². The molecule has 2 aromatic heterocycles. The molecule has 0 aliphatic carbocycles. The van der Waals surface area contributed by atoms with Crippen molar-refractivity contribution in [2.75, 3.05) is 0 Å². The van der Waals surface area contributed by atoms with Crippen LogP contribution in [0.5, 0.6) is 0 Å². The maximum Gasteiger partial charge on any atom is 0.278 e. The van der Waals surface area contributed by atoms with Crippen LogP contribution >= 0.6 is 22.6 Å². The SMILES string of the molecule is O=c1[nH]c(I)nc2cccnc12. The molecule has 0 atom stereocenters. The van der Waals surface area contributed by atoms with Crippen molar-refractivity contribution in [3.8, 4) is 0 Å². The second-order valence-electron chi connectivity index (χ2n) is 2.23. The van der Waals surface area contributed by atoms with Gasteiger partial charge < -0.3 is 0 Å². The topological polar surface area (TPSA) is 58.6 Å². The van der Waals surface area contributed by atoms with E-state index in [2.05, 4.69) is 15.0 Å². The third-order valence-corrected chi connectivity index (χ3v) is 1.95. The van der Waals surface area contributed by atoms with Crippen LogP contribution < -0.4 is 5.56 Å². The van der Waals surface area contributed by atoms with Gasteiger partial charge in [0, 0.05) is 6.20 Å². The van der Waals surface area contributed by atoms with E-state index in [0.29, 0.717) is 14.9 Å². The minimum absolute atomic E-state index is 0.190. The quantitative estimate of drug-likeness (QED) is 0.573. The van der Waals surface area contributed by atoms with Crippen LogP contribution in [0.25, 0.3) is 11.0 Å². The van der Waals surface area contributed by atoms with Gasteiger partial charge in [0.05, 0.1) is 5.52 Å². The van der Waals surface area contributed by atoms with E-state index in [9.17, 15) is 4.79 Å². The number of nitrogens with zero attached hydrogens (tertiary/aromatic N) is 2. The van der Waals surface area contributed by atoms with Crippen LogP contribution in [0.1, 0.15) is 0 Å². The zero-order valence-corrected chi connectivity index (χ0v) is 8.07. The third kappa shape index (κ3) is 1.20. The normalized spacial score (nSPS) is 10.4. The molecule has 5 heteroatoms. The first-order chi connectivity index (χ1) is 5.77. The van der Waals surface area contributed by atoms with Crippen molar-refractivity contribution in [2.45, 2.75) is 0 Å². The molecule has 12 heavy (non-hydrogen) atoms. The Morgan fingerprint density at radius 3 is 3.17 bits per heavy atom. The highest BCUT2D eigenvalue weighted by Gasteiger charge is 2.00. The van der Waals surface area contributed by atoms with Crippen molar-refractivity contribution in [1.29, 1.82) is 0 Å². The molecule has 2 rings (SSSR count). The number of hydrogen-bond acceptors (Lipinski definition) is 3. The van der Waals surface area contributed by atoms with Crippen LogP contribution in [-0.2, 0) is 0 Å². The summed E-state index contributed by atoms with van der Waals surface area (Å²) in [5.41, 5.74) is 0.827. The highest BCUT2D eigenvalue weighted by Crippen LogP contribution is 2.02. The van der Waals surface area contributed by atoms with Gasteiger partial charge in [0.25, 0.3) is 5.56 Å². The minimum atomic E-state index is -0.190. The second-order valence-corrected chi connectivity index (χ2v) is 3.25. The molecule has 0 aromatic carbocycles. The minimum Gasteiger partial charge on any atom is -0.300 e. The predicted octanol–water partition coefficient (Wildman–Crippen LogP) is 0.923. The van der Waals surface area contributed by atoms with E-state index in [1.165, 1.54) is 0 Å². The van der Waals surface area contributed by atoms with Crippen molar-refractivity contribution in [2.24, 2.45) is 0 Å². The van der Waals surface area contributed by atoms with Crippen molar-refractivity contribution < 1.29 is 0 Å². The average Bonchev–Trinajstić information content (AvgIpc) is 2.04. The molecule has 0 radical (unpaired) electrons. The molecule has 4 nitrogen and oxygen atoms in total. The Bertz CT molecular complexity index is 479. The van der Waals surface area contributed by atoms with Crippen molar-refractivity contribution in [3.05, 3.63) is 32.5 Å². The fourth-order valence-corrected chi connectivity index (χ4v) is 1.45. The van der Waals surface area contributed by atoms with Crippen LogP contribution in [0.2, 0.25) is 0 Å². The molecular formula is C7H4IN3O. The summed E-state index contributed by atoms with van der Waals surface area (Å²) in [7, 11) is 0. The third-order valence-electron chi connectivity index (χ3n) is 1.44. The highest BCUT2D eigenvalue weighted by molar-refractivity contribution is 14.1. The Kier molecular flexibility index (Phi) is 1.80. The first-order valence-electron chi connectivity index (χ1n) is 3.28. The van der Waals surface area contributed by atoms with Crippen LogP contribution in [0.3, 0.4) is 0 Å². The van der Waals surface area contributed by atoms with E-state index >= 15 is 0 Å². The van der Waals surface area contributed by atoms with Gasteiger partial charge >= 0.3 is 0 Å². The summed E-state index contributed by atoms with van der Waals surface area (Å²) in [6.07, 6.45) is 1.58. The standard InChI is InChI=1S/C7H4IN3O/c8-7-10-4-2-1-3-9-5(4)6(12)11-7/h1-3H,(H,10,11,12). The number of fused-ring (bicyclic) bond motifs is 1. The van der Waals surface area contributed by atoms with Gasteiger partial charge in [-0.2, -0.15) is 0 Å². The Balaban J connectivity index is 2.99. The lowest BCUT2D eigenvalue weighted by atomic mass is 10.4. The summed E-state index contributed by atoms with van der Waals surface area (Å²) in [5.74, 6) is 0. The summed E-state index contributed by atoms with van der Waals surface area (Å²) >= 11 is 1.96. The number of halogens is 1. The lowest BCUT2D eigenvalue weighted by molar-refractivity contribution is 1.09. The van der Waals surface area contributed by atoms with Gasteiger partial charge in [-0.15, -0.1) is 0 Å². The first-order valence-corrected chi connectivity index (χ1v) is 4.36. The lowest BCUT2D eigenvalue weighted by Crippen LogP contribution is -2.10. The average molecular weight is 273 g/mol. The molecule has 0 saturated carbocycles. The summed E-state index contributed by atoms with van der Waals surface area (Å²) in [6.45, 7) is 0. The van der Waals surface area contributed by atoms with E-state index in [-0.39, 0.29) is 5.56 Å². The van der Waals surface area contributed by atoms with Crippen LogP contribution in [0.4, 0.5) is 0 Å². The zero-order valence-electron chi connectivity index (χ0n) is 5.91. The maximum atomic E-state index is 11.2. The maximum absolute atomic E-state index is 11.2. The smallest absolute Gasteiger partial charge is 0.278 e. The molecule has 2 heterocycles. The number of aromatic nitrogens is 3. The van der Waals surface area contributed by atoms with Crippen molar-refractivity contribution >= 4 is 33.6 Å². The largest absolute Gasteiger partial charge is 0.300 e. The number of pyridine rings is 1. The second kappa shape index (κ2) is 2.81. The van der Waals surface area contributed by atoms with Gasteiger partial charge in [-0.3, -0.25) is 9.78 Å². The highest BCUT2D eigenvalue weighted by atomic mass is 127. The van der Waals surface area contributed by atoms with Gasteiger partial charge in [0.1, 0.15) is 0 Å². The van der Waals surface area contributed by atoms with Crippen molar-refractivity contribution in [1.82, 2.24) is 15.0 Å². The van der Waals surface area contributed by atoms with Crippen LogP contribution in [0, 0.1) is 3.83 Å². The molecule has 1 N–H and O–H groups in total. The fourth-order valence-electron chi connectivity index (χ4n) is 0.949. The van der Waals surface area contributed by atoms with E-state index < -0.39 is 0 Å². The molecule has 0 bridgehead atoms. The monoisotopic (exact) mass is 273 g/mol. The molecule has 60 valence electrons. The fraction of sp³-hybridized carbons (Fsp3) is 0. The van der Waals surface area contributed by atoms with Gasteiger partial charge in [-0.1, -0.05) is 0 Å². The van der Waals surface area contributed by atoms with Gasteiger partial charge in [-0.25, -0.2) is 9.97 Å². The predicted molar refractivity (Wildman–Crippen MR) is 52.9 cm³/mol. The molecule has 0 unspecified atom stereocenters. The molecular weight excluding hydrogens is 269 g/mol. The summed E-state index contributed by atoms with van der Waals surface area (Å²) < 4.78 is 0.582. The van der Waals surface area contributed by atoms with Gasteiger partial charge in [-0.05, 0) is 34.7 Å². The molecule has 0 fully saturated rings. The Morgan fingerprint density at radius 2 is 2.33 bits per heavy atom. The number of hydrogen-bond donors (Lipinski definition) is 1. The summed E-state index contributed by atoms with van der Waals surface area (Å²) in [4.78, 5) is 21.8. The molecule has 0 amide bonds. The van der Waals surface area contributed by atoms with Crippen LogP contribution in [0.15, 0.2) is 23.1 Å². The molecule has 0 spiro atoms. The van der Waals surface area contributed by atoms with E-state index in [1.807, 2.05) is 22.6 Å². The number of nitrogens with one attached hydrogen (secondary N) is 1. The number of aromatic amines is 1. The van der Waals surface area contributed by atoms with Gasteiger partial charge in [0.2, 0.25) is 0 Å². The summed E-state index contributed by atoms with van der Waals surface area (Å²) in [5, 5.41) is 0. The molecule has 0 aliphatic heterocycles. The van der Waals surface area contributed by atoms with E-state index in [4.69, 9.17) is 0 Å². The molecule has 0 saturated heterocycles.